The summed E-state index contributed by atoms with van der Waals surface area (Å²) in [6.45, 7) is 6.51. The van der Waals surface area contributed by atoms with Crippen molar-refractivity contribution in [3.8, 4) is 5.69 Å². The number of rotatable bonds is 10. The van der Waals surface area contributed by atoms with Crippen molar-refractivity contribution in [3.05, 3.63) is 83.3 Å². The maximum atomic E-state index is 12.8. The average molecular weight is 446 g/mol. The molecule has 1 amide bonds. The molecule has 8 heteroatoms. The van der Waals surface area contributed by atoms with Crippen LogP contribution in [-0.2, 0) is 22.6 Å². The fourth-order valence-corrected chi connectivity index (χ4v) is 3.59. The maximum Gasteiger partial charge on any atom is 0.274 e. The lowest BCUT2D eigenvalue weighted by Crippen LogP contribution is -2.24. The number of nitrogens with one attached hydrogen (secondary N) is 1. The number of hydrogen-bond donors (Lipinski definition) is 1. The van der Waals surface area contributed by atoms with Crippen molar-refractivity contribution >= 4 is 16.8 Å². The summed E-state index contributed by atoms with van der Waals surface area (Å²) in [7, 11) is 0. The normalized spacial score (nSPS) is 11.1. The molecule has 2 aromatic carbocycles. The van der Waals surface area contributed by atoms with Crippen molar-refractivity contribution in [2.45, 2.75) is 27.0 Å². The molecular formula is C25H27N5O3. The smallest absolute Gasteiger partial charge is 0.274 e. The monoisotopic (exact) mass is 445 g/mol. The van der Waals surface area contributed by atoms with Gasteiger partial charge in [-0.3, -0.25) is 9.78 Å². The van der Waals surface area contributed by atoms with Gasteiger partial charge in [-0.25, -0.2) is 4.68 Å². The van der Waals surface area contributed by atoms with E-state index in [1.165, 1.54) is 0 Å². The fraction of sp³-hybridized carbons (Fsp3) is 0.280. The Balaban J connectivity index is 1.41. The molecular weight excluding hydrogens is 418 g/mol. The topological polar surface area (TPSA) is 91.2 Å². The summed E-state index contributed by atoms with van der Waals surface area (Å²) in [5.74, 6) is -0.268. The first-order chi connectivity index (χ1) is 16.2. The van der Waals surface area contributed by atoms with Gasteiger partial charge in [0.05, 0.1) is 36.7 Å². The van der Waals surface area contributed by atoms with Gasteiger partial charge < -0.3 is 14.8 Å². The van der Waals surface area contributed by atoms with Crippen molar-refractivity contribution in [2.24, 2.45) is 0 Å². The van der Waals surface area contributed by atoms with Gasteiger partial charge in [-0.1, -0.05) is 35.5 Å². The molecule has 0 unspecified atom stereocenters. The number of pyridine rings is 1. The second-order valence-corrected chi connectivity index (χ2v) is 7.53. The summed E-state index contributed by atoms with van der Waals surface area (Å²) in [6, 6.07) is 17.6. The van der Waals surface area contributed by atoms with Gasteiger partial charge in [-0.05, 0) is 49.2 Å². The van der Waals surface area contributed by atoms with Crippen LogP contribution < -0.4 is 5.32 Å². The van der Waals surface area contributed by atoms with Crippen LogP contribution in [0.5, 0.6) is 0 Å². The van der Waals surface area contributed by atoms with E-state index in [0.29, 0.717) is 44.4 Å². The van der Waals surface area contributed by atoms with Gasteiger partial charge in [-0.15, -0.1) is 5.10 Å². The predicted molar refractivity (Wildman–Crippen MR) is 125 cm³/mol. The van der Waals surface area contributed by atoms with Crippen LogP contribution in [0.4, 0.5) is 0 Å². The molecule has 0 aliphatic rings. The zero-order valence-corrected chi connectivity index (χ0v) is 18.8. The van der Waals surface area contributed by atoms with Crippen molar-refractivity contribution in [2.75, 3.05) is 19.8 Å². The summed E-state index contributed by atoms with van der Waals surface area (Å²) in [5, 5.41) is 12.3. The summed E-state index contributed by atoms with van der Waals surface area (Å²) in [6.07, 6.45) is 1.75. The summed E-state index contributed by atoms with van der Waals surface area (Å²) in [5.41, 5.74) is 4.69. The Labute approximate surface area is 192 Å². The molecule has 4 rings (SSSR count). The van der Waals surface area contributed by atoms with Crippen molar-refractivity contribution in [3.63, 3.8) is 0 Å². The molecule has 170 valence electrons. The lowest BCUT2D eigenvalue weighted by Gasteiger charge is -2.09. The molecule has 0 atom stereocenters. The summed E-state index contributed by atoms with van der Waals surface area (Å²) in [4.78, 5) is 17.2. The third-order valence-electron chi connectivity index (χ3n) is 5.25. The van der Waals surface area contributed by atoms with Gasteiger partial charge in [0.25, 0.3) is 5.91 Å². The number of fused-ring (bicyclic) bond motifs is 1. The molecule has 0 saturated heterocycles. The van der Waals surface area contributed by atoms with E-state index >= 15 is 0 Å². The number of nitrogens with zero attached hydrogens (tertiary/aromatic N) is 4. The Hall–Kier alpha value is -3.62. The van der Waals surface area contributed by atoms with Crippen LogP contribution in [0.2, 0.25) is 0 Å². The number of carbonyl (C=O) groups is 1. The van der Waals surface area contributed by atoms with Gasteiger partial charge in [0.1, 0.15) is 0 Å². The summed E-state index contributed by atoms with van der Waals surface area (Å²) < 4.78 is 12.6. The minimum atomic E-state index is -0.268. The zero-order chi connectivity index (χ0) is 23.0. The third kappa shape index (κ3) is 5.42. The molecule has 0 bridgehead atoms. The Bertz CT molecular complexity index is 1230. The van der Waals surface area contributed by atoms with Gasteiger partial charge in [0, 0.05) is 24.7 Å². The Morgan fingerprint density at radius 2 is 1.85 bits per heavy atom. The Kier molecular flexibility index (Phi) is 7.39. The molecule has 33 heavy (non-hydrogen) atoms. The number of carbonyl (C=O) groups excluding carboxylic acids is 1. The first-order valence-corrected chi connectivity index (χ1v) is 10.9. The molecule has 0 saturated carbocycles. The summed E-state index contributed by atoms with van der Waals surface area (Å²) >= 11 is 0. The van der Waals surface area contributed by atoms with Gasteiger partial charge in [0.2, 0.25) is 0 Å². The average Bonchev–Trinajstić information content (AvgIpc) is 3.23. The quantitative estimate of drug-likeness (QED) is 0.375. The van der Waals surface area contributed by atoms with Gasteiger partial charge >= 0.3 is 0 Å². The highest BCUT2D eigenvalue weighted by atomic mass is 16.5. The van der Waals surface area contributed by atoms with E-state index in [1.807, 2.05) is 68.4 Å². The van der Waals surface area contributed by atoms with E-state index in [1.54, 1.807) is 10.9 Å². The molecule has 0 fully saturated rings. The van der Waals surface area contributed by atoms with Crippen molar-refractivity contribution in [1.29, 1.82) is 0 Å². The number of benzene rings is 2. The van der Waals surface area contributed by atoms with E-state index in [9.17, 15) is 4.79 Å². The molecule has 0 spiro atoms. The highest BCUT2D eigenvalue weighted by Crippen LogP contribution is 2.21. The van der Waals surface area contributed by atoms with Crippen LogP contribution in [0.15, 0.2) is 60.8 Å². The Morgan fingerprint density at radius 1 is 1.03 bits per heavy atom. The van der Waals surface area contributed by atoms with Crippen LogP contribution in [0.1, 0.15) is 34.2 Å². The molecule has 4 aromatic rings. The van der Waals surface area contributed by atoms with E-state index < -0.39 is 0 Å². The molecule has 0 aliphatic heterocycles. The SMILES string of the molecule is CCOCCOCc1cccc(CNC(=O)c2nnn(-c3cccc4ncccc34)c2C)c1. The van der Waals surface area contributed by atoms with Crippen LogP contribution in [0.25, 0.3) is 16.6 Å². The number of hydrogen-bond acceptors (Lipinski definition) is 6. The van der Waals surface area contributed by atoms with Crippen molar-refractivity contribution < 1.29 is 14.3 Å². The second kappa shape index (κ2) is 10.8. The molecule has 8 nitrogen and oxygen atoms in total. The highest BCUT2D eigenvalue weighted by molar-refractivity contribution is 5.93. The molecule has 1 N–H and O–H groups in total. The minimum Gasteiger partial charge on any atom is -0.379 e. The standard InChI is InChI=1S/C25H27N5O3/c1-3-32-13-14-33-17-20-8-4-7-19(15-20)16-27-25(31)24-18(2)30(29-28-24)23-11-5-10-22-21(23)9-6-12-26-22/h4-12,15H,3,13-14,16-17H2,1-2H3,(H,27,31). The molecule has 2 heterocycles. The van der Waals surface area contributed by atoms with Crippen molar-refractivity contribution in [1.82, 2.24) is 25.3 Å². The lowest BCUT2D eigenvalue weighted by molar-refractivity contribution is 0.0453. The van der Waals surface area contributed by atoms with Crippen LogP contribution in [0, 0.1) is 6.92 Å². The lowest BCUT2D eigenvalue weighted by atomic mass is 10.1. The highest BCUT2D eigenvalue weighted by Gasteiger charge is 2.18. The fourth-order valence-electron chi connectivity index (χ4n) is 3.59. The van der Waals surface area contributed by atoms with Gasteiger partial charge in [-0.2, -0.15) is 0 Å². The van der Waals surface area contributed by atoms with Crippen LogP contribution in [0.3, 0.4) is 0 Å². The molecule has 0 aliphatic carbocycles. The van der Waals surface area contributed by atoms with E-state index in [2.05, 4.69) is 20.6 Å². The number of aromatic nitrogens is 4. The molecule has 2 aromatic heterocycles. The second-order valence-electron chi connectivity index (χ2n) is 7.53. The Morgan fingerprint density at radius 3 is 2.73 bits per heavy atom. The zero-order valence-electron chi connectivity index (χ0n) is 18.8. The first kappa shape index (κ1) is 22.6. The predicted octanol–water partition coefficient (Wildman–Crippen LogP) is 3.61. The number of ether oxygens (including phenoxy) is 2. The van der Waals surface area contributed by atoms with Gasteiger partial charge in [0.15, 0.2) is 5.69 Å². The maximum absolute atomic E-state index is 12.8. The third-order valence-corrected chi connectivity index (χ3v) is 5.25. The van der Waals surface area contributed by atoms with E-state index in [-0.39, 0.29) is 5.91 Å². The minimum absolute atomic E-state index is 0.268. The first-order valence-electron chi connectivity index (χ1n) is 10.9. The molecule has 0 radical (unpaired) electrons. The van der Waals surface area contributed by atoms with Crippen LogP contribution >= 0.6 is 0 Å². The van der Waals surface area contributed by atoms with Crippen LogP contribution in [-0.4, -0.2) is 45.7 Å². The number of amides is 1. The van der Waals surface area contributed by atoms with E-state index in [0.717, 1.165) is 27.7 Å². The largest absolute Gasteiger partial charge is 0.379 e. The van der Waals surface area contributed by atoms with E-state index in [4.69, 9.17) is 9.47 Å².